The summed E-state index contributed by atoms with van der Waals surface area (Å²) in [4.78, 5) is 38.2. The van der Waals surface area contributed by atoms with Crippen molar-refractivity contribution in [2.24, 2.45) is 0 Å². The zero-order valence-corrected chi connectivity index (χ0v) is 14.6. The van der Waals surface area contributed by atoms with Crippen molar-refractivity contribution in [3.63, 3.8) is 0 Å². The van der Waals surface area contributed by atoms with Gasteiger partial charge in [-0.3, -0.25) is 14.5 Å². The number of quaternary nitrogens is 1. The Bertz CT molecular complexity index is 635. The molecular weight excluding hydrogens is 324 g/mol. The summed E-state index contributed by atoms with van der Waals surface area (Å²) in [6.07, 6.45) is 0.830. The molecule has 1 atom stereocenters. The van der Waals surface area contributed by atoms with Crippen molar-refractivity contribution in [2.45, 2.75) is 13.3 Å². The first-order valence-corrected chi connectivity index (χ1v) is 8.39. The van der Waals surface area contributed by atoms with E-state index in [-0.39, 0.29) is 30.9 Å². The van der Waals surface area contributed by atoms with Crippen molar-refractivity contribution in [1.82, 2.24) is 10.2 Å². The second-order valence-corrected chi connectivity index (χ2v) is 5.88. The highest BCUT2D eigenvalue weighted by Gasteiger charge is 2.29. The van der Waals surface area contributed by atoms with Gasteiger partial charge >= 0.3 is 6.03 Å². The summed E-state index contributed by atoms with van der Waals surface area (Å²) in [5.74, 6) is 0.118. The SMILES string of the molecule is CCC[NH+](CC(=O)Nc1ccccc1OC)CC(=O)N1CCNC1=O. The molecule has 3 N–H and O–H groups in total. The fraction of sp³-hybridized carbons (Fsp3) is 0.471. The Morgan fingerprint density at radius 3 is 2.72 bits per heavy atom. The van der Waals surface area contributed by atoms with E-state index in [9.17, 15) is 14.4 Å². The van der Waals surface area contributed by atoms with Crippen molar-refractivity contribution in [3.05, 3.63) is 24.3 Å². The molecule has 2 rings (SSSR count). The van der Waals surface area contributed by atoms with Gasteiger partial charge in [0.1, 0.15) is 5.75 Å². The molecule has 1 aliphatic heterocycles. The van der Waals surface area contributed by atoms with Crippen LogP contribution in [0, 0.1) is 0 Å². The summed E-state index contributed by atoms with van der Waals surface area (Å²) < 4.78 is 5.22. The molecule has 4 amide bonds. The predicted molar refractivity (Wildman–Crippen MR) is 92.6 cm³/mol. The number of urea groups is 1. The van der Waals surface area contributed by atoms with Crippen LogP contribution >= 0.6 is 0 Å². The number of methoxy groups -OCH3 is 1. The molecule has 25 heavy (non-hydrogen) atoms. The Labute approximate surface area is 147 Å². The molecule has 0 spiro atoms. The molecule has 0 aliphatic carbocycles. The molecule has 1 fully saturated rings. The number of ether oxygens (including phenoxy) is 1. The second kappa shape index (κ2) is 9.03. The molecule has 8 nitrogen and oxygen atoms in total. The van der Waals surface area contributed by atoms with E-state index in [4.69, 9.17) is 4.74 Å². The van der Waals surface area contributed by atoms with Crippen molar-refractivity contribution in [2.75, 3.05) is 45.2 Å². The number of imide groups is 1. The van der Waals surface area contributed by atoms with Crippen LogP contribution in [0.1, 0.15) is 13.3 Å². The fourth-order valence-electron chi connectivity index (χ4n) is 2.78. The van der Waals surface area contributed by atoms with Crippen molar-refractivity contribution < 1.29 is 24.0 Å². The second-order valence-electron chi connectivity index (χ2n) is 5.88. The maximum Gasteiger partial charge on any atom is 0.324 e. The fourth-order valence-corrected chi connectivity index (χ4v) is 2.78. The molecule has 1 aromatic rings. The Morgan fingerprint density at radius 1 is 1.32 bits per heavy atom. The predicted octanol–water partition coefficient (Wildman–Crippen LogP) is -0.520. The number of amides is 4. The number of carbonyl (C=O) groups is 3. The summed E-state index contributed by atoms with van der Waals surface area (Å²) >= 11 is 0. The van der Waals surface area contributed by atoms with Gasteiger partial charge < -0.3 is 20.3 Å². The third-order valence-electron chi connectivity index (χ3n) is 3.95. The Hall–Kier alpha value is -2.61. The number of nitrogens with zero attached hydrogens (tertiary/aromatic N) is 1. The van der Waals surface area contributed by atoms with E-state index in [1.807, 2.05) is 19.1 Å². The maximum absolute atomic E-state index is 12.3. The highest BCUT2D eigenvalue weighted by Crippen LogP contribution is 2.22. The molecule has 1 aromatic carbocycles. The number of carbonyl (C=O) groups excluding carboxylic acids is 3. The third-order valence-corrected chi connectivity index (χ3v) is 3.95. The average molecular weight is 349 g/mol. The van der Waals surface area contributed by atoms with Gasteiger partial charge in [-0.15, -0.1) is 0 Å². The first-order valence-electron chi connectivity index (χ1n) is 8.39. The lowest BCUT2D eigenvalue weighted by atomic mass is 10.3. The molecule has 0 radical (unpaired) electrons. The van der Waals surface area contributed by atoms with Gasteiger partial charge in [0.15, 0.2) is 13.1 Å². The molecule has 0 saturated carbocycles. The summed E-state index contributed by atoms with van der Waals surface area (Å²) in [5.41, 5.74) is 0.594. The topological polar surface area (TPSA) is 92.2 Å². The van der Waals surface area contributed by atoms with Crippen LogP contribution in [0.2, 0.25) is 0 Å². The van der Waals surface area contributed by atoms with Gasteiger partial charge in [-0.2, -0.15) is 0 Å². The molecule has 1 unspecified atom stereocenters. The molecule has 8 heteroatoms. The van der Waals surface area contributed by atoms with E-state index in [1.54, 1.807) is 19.2 Å². The first-order chi connectivity index (χ1) is 12.0. The minimum atomic E-state index is -0.362. The Morgan fingerprint density at radius 2 is 2.08 bits per heavy atom. The lowest BCUT2D eigenvalue weighted by Gasteiger charge is -2.20. The van der Waals surface area contributed by atoms with Crippen molar-refractivity contribution in [3.8, 4) is 5.75 Å². The van der Waals surface area contributed by atoms with Crippen LogP contribution in [0.3, 0.4) is 0 Å². The largest absolute Gasteiger partial charge is 0.495 e. The van der Waals surface area contributed by atoms with E-state index < -0.39 is 0 Å². The number of nitrogens with one attached hydrogen (secondary N) is 3. The van der Waals surface area contributed by atoms with Gasteiger partial charge in [0.25, 0.3) is 11.8 Å². The van der Waals surface area contributed by atoms with Crippen molar-refractivity contribution in [1.29, 1.82) is 0 Å². The van der Waals surface area contributed by atoms with Crippen LogP contribution in [0.4, 0.5) is 10.5 Å². The highest BCUT2D eigenvalue weighted by molar-refractivity contribution is 5.96. The number of anilines is 1. The lowest BCUT2D eigenvalue weighted by molar-refractivity contribution is -0.883. The van der Waals surface area contributed by atoms with E-state index in [1.165, 1.54) is 4.90 Å². The maximum atomic E-state index is 12.3. The number of rotatable bonds is 8. The van der Waals surface area contributed by atoms with Gasteiger partial charge in [0.05, 0.1) is 19.3 Å². The number of para-hydroxylation sites is 2. The number of hydrogen-bond donors (Lipinski definition) is 3. The van der Waals surface area contributed by atoms with Gasteiger partial charge in [-0.25, -0.2) is 4.79 Å². The molecule has 1 saturated heterocycles. The normalized spacial score (nSPS) is 14.8. The van der Waals surface area contributed by atoms with Crippen LogP contribution in [0.25, 0.3) is 0 Å². The molecule has 1 heterocycles. The van der Waals surface area contributed by atoms with Crippen molar-refractivity contribution >= 4 is 23.5 Å². The van der Waals surface area contributed by atoms with Crippen LogP contribution in [-0.2, 0) is 9.59 Å². The monoisotopic (exact) mass is 349 g/mol. The molecule has 0 aromatic heterocycles. The van der Waals surface area contributed by atoms with Crippen LogP contribution in [0.5, 0.6) is 5.75 Å². The van der Waals surface area contributed by atoms with E-state index >= 15 is 0 Å². The summed E-state index contributed by atoms with van der Waals surface area (Å²) in [7, 11) is 1.54. The molecular formula is C17H25N4O4+. The van der Waals surface area contributed by atoms with Gasteiger partial charge in [0.2, 0.25) is 0 Å². The molecule has 1 aliphatic rings. The first kappa shape index (κ1) is 18.7. The van der Waals surface area contributed by atoms with E-state index in [0.29, 0.717) is 31.1 Å². The average Bonchev–Trinajstić information content (AvgIpc) is 3.01. The smallest absolute Gasteiger partial charge is 0.324 e. The highest BCUT2D eigenvalue weighted by atomic mass is 16.5. The number of hydrogen-bond acceptors (Lipinski definition) is 4. The van der Waals surface area contributed by atoms with E-state index in [0.717, 1.165) is 11.3 Å². The zero-order chi connectivity index (χ0) is 18.2. The standard InChI is InChI=1S/C17H24N4O4/c1-3-9-20(12-16(23)21-10-8-18-17(21)24)11-15(22)19-13-6-4-5-7-14(13)25-2/h4-7H,3,8-12H2,1-2H3,(H,18,24)(H,19,22)/p+1. The molecule has 0 bridgehead atoms. The molecule has 136 valence electrons. The lowest BCUT2D eigenvalue weighted by Crippen LogP contribution is -3.14. The van der Waals surface area contributed by atoms with Crippen LogP contribution in [-0.4, -0.2) is 62.6 Å². The Balaban J connectivity index is 1.94. The summed E-state index contributed by atoms with van der Waals surface area (Å²) in [5, 5.41) is 5.42. The minimum Gasteiger partial charge on any atom is -0.495 e. The summed E-state index contributed by atoms with van der Waals surface area (Å²) in [6, 6.07) is 6.80. The third kappa shape index (κ3) is 5.18. The van der Waals surface area contributed by atoms with E-state index in [2.05, 4.69) is 10.6 Å². The Kier molecular flexibility index (Phi) is 6.76. The van der Waals surface area contributed by atoms with Crippen LogP contribution < -0.4 is 20.3 Å². The number of benzene rings is 1. The zero-order valence-electron chi connectivity index (χ0n) is 14.6. The minimum absolute atomic E-state index is 0.112. The summed E-state index contributed by atoms with van der Waals surface area (Å²) in [6.45, 7) is 3.77. The van der Waals surface area contributed by atoms with Gasteiger partial charge in [-0.1, -0.05) is 19.1 Å². The van der Waals surface area contributed by atoms with Gasteiger partial charge in [-0.05, 0) is 18.6 Å². The van der Waals surface area contributed by atoms with Crippen LogP contribution in [0.15, 0.2) is 24.3 Å². The quantitative estimate of drug-likeness (QED) is 0.589. The van der Waals surface area contributed by atoms with Gasteiger partial charge in [0, 0.05) is 13.1 Å².